The number of anilines is 1. The van der Waals surface area contributed by atoms with Gasteiger partial charge in [-0.25, -0.2) is 9.67 Å². The van der Waals surface area contributed by atoms with E-state index >= 15 is 0 Å². The molecule has 6 nitrogen and oxygen atoms in total. The molecule has 184 valence electrons. The van der Waals surface area contributed by atoms with E-state index in [4.69, 9.17) is 22.3 Å². The Morgan fingerprint density at radius 2 is 1.64 bits per heavy atom. The van der Waals surface area contributed by atoms with Crippen molar-refractivity contribution in [1.82, 2.24) is 9.77 Å². The molecule has 0 aliphatic rings. The summed E-state index contributed by atoms with van der Waals surface area (Å²) in [5, 5.41) is 10.2. The quantitative estimate of drug-likeness (QED) is 0.106. The van der Waals surface area contributed by atoms with Gasteiger partial charge in [-0.2, -0.15) is 0 Å². The maximum absolute atomic E-state index is 5.71. The lowest BCUT2D eigenvalue weighted by Crippen LogP contribution is -2.45. The molecular formula is C26H27N6S4+. The second-order valence-corrected chi connectivity index (χ2v) is 12.3. The fourth-order valence-electron chi connectivity index (χ4n) is 3.81. The Kier molecular flexibility index (Phi) is 7.29. The van der Waals surface area contributed by atoms with Crippen molar-refractivity contribution in [2.45, 2.75) is 39.8 Å². The highest BCUT2D eigenvalue weighted by Gasteiger charge is 2.29. The molecule has 3 aromatic heterocycles. The molecule has 0 aliphatic heterocycles. The molecule has 0 saturated carbocycles. The first kappa shape index (κ1) is 24.8. The van der Waals surface area contributed by atoms with E-state index in [1.165, 1.54) is 11.3 Å². The third-order valence-corrected chi connectivity index (χ3v) is 8.67. The number of aliphatic imine (C=N–C) groups is 1. The first-order valence-corrected chi connectivity index (χ1v) is 14.7. The van der Waals surface area contributed by atoms with Crippen LogP contribution in [0.15, 0.2) is 76.4 Å². The first-order chi connectivity index (χ1) is 17.4. The van der Waals surface area contributed by atoms with Crippen LogP contribution in [0.2, 0.25) is 0 Å². The molecule has 5 rings (SSSR count). The number of benzene rings is 2. The highest BCUT2D eigenvalue weighted by atomic mass is 32.2. The summed E-state index contributed by atoms with van der Waals surface area (Å²) in [6, 6.07) is 20.8. The van der Waals surface area contributed by atoms with E-state index in [-0.39, 0.29) is 12.1 Å². The Morgan fingerprint density at radius 3 is 2.28 bits per heavy atom. The largest absolute Gasteiger partial charge is 0.354 e. The number of thiazole rings is 2. The highest BCUT2D eigenvalue weighted by molar-refractivity contribution is 7.73. The van der Waals surface area contributed by atoms with Crippen LogP contribution in [0.5, 0.6) is 0 Å². The number of hydrogen-bond acceptors (Lipinski definition) is 6. The number of nitrogens with one attached hydrogen (secondary N) is 1. The van der Waals surface area contributed by atoms with E-state index in [0.717, 1.165) is 41.7 Å². The fourth-order valence-corrected chi connectivity index (χ4v) is 6.95. The van der Waals surface area contributed by atoms with Crippen LogP contribution in [-0.2, 0) is 0 Å². The standard InChI is InChI=1S/C26H27N6S4/c1-17(2)27-23(28-31-21(15-34-25(31)33)19-11-7-5-8-12-19)30(18(3)4)24-29-32-22(16-35-26(32)36-24)20-13-9-6-10-14-20/h5-18H,1-4H3,(H,27,28)/q+1. The summed E-state index contributed by atoms with van der Waals surface area (Å²) in [4.78, 5) is 7.15. The molecule has 3 heterocycles. The molecule has 0 radical (unpaired) electrons. The van der Waals surface area contributed by atoms with E-state index in [1.54, 1.807) is 22.7 Å². The number of rotatable bonds is 6. The summed E-state index contributed by atoms with van der Waals surface area (Å²) in [5.41, 5.74) is 7.88. The Bertz CT molecular complexity index is 1540. The van der Waals surface area contributed by atoms with Gasteiger partial charge in [0, 0.05) is 28.1 Å². The first-order valence-electron chi connectivity index (χ1n) is 11.7. The lowest BCUT2D eigenvalue weighted by molar-refractivity contribution is -0.559. The highest BCUT2D eigenvalue weighted by Crippen LogP contribution is 2.30. The molecule has 1 N–H and O–H groups in total. The number of hydrogen-bond donors (Lipinski definition) is 1. The van der Waals surface area contributed by atoms with E-state index in [1.807, 2.05) is 33.5 Å². The predicted molar refractivity (Wildman–Crippen MR) is 157 cm³/mol. The van der Waals surface area contributed by atoms with Crippen LogP contribution in [0, 0.1) is 3.95 Å². The minimum Gasteiger partial charge on any atom is -0.279 e. The zero-order valence-corrected chi connectivity index (χ0v) is 23.7. The second kappa shape index (κ2) is 10.6. The Labute approximate surface area is 227 Å². The number of aromatic nitrogens is 3. The minimum atomic E-state index is 0.0790. The number of guanidine groups is 1. The lowest BCUT2D eigenvalue weighted by atomic mass is 10.2. The Balaban J connectivity index is 1.58. The van der Waals surface area contributed by atoms with E-state index in [0.29, 0.717) is 0 Å². The monoisotopic (exact) mass is 551 g/mol. The van der Waals surface area contributed by atoms with Gasteiger partial charge in [0.1, 0.15) is 0 Å². The van der Waals surface area contributed by atoms with Crippen molar-refractivity contribution in [1.29, 1.82) is 0 Å². The minimum absolute atomic E-state index is 0.0790. The third kappa shape index (κ3) is 4.99. The van der Waals surface area contributed by atoms with Crippen LogP contribution in [0.3, 0.4) is 0 Å². The molecule has 0 amide bonds. The van der Waals surface area contributed by atoms with E-state index in [9.17, 15) is 0 Å². The van der Waals surface area contributed by atoms with Crippen molar-refractivity contribution in [2.24, 2.45) is 4.99 Å². The maximum atomic E-state index is 5.71. The van der Waals surface area contributed by atoms with Crippen LogP contribution in [0.1, 0.15) is 27.7 Å². The summed E-state index contributed by atoms with van der Waals surface area (Å²) in [6.45, 7) is 8.46. The van der Waals surface area contributed by atoms with E-state index < -0.39 is 0 Å². The Morgan fingerprint density at radius 1 is 0.972 bits per heavy atom. The summed E-state index contributed by atoms with van der Waals surface area (Å²) in [6.07, 6.45) is 0. The van der Waals surface area contributed by atoms with Gasteiger partial charge in [-0.1, -0.05) is 59.9 Å². The number of fused-ring (bicyclic) bond motifs is 1. The fraction of sp³-hybridized carbons (Fsp3) is 0.231. The van der Waals surface area contributed by atoms with Crippen molar-refractivity contribution in [2.75, 3.05) is 10.3 Å². The van der Waals surface area contributed by atoms with Crippen LogP contribution in [-0.4, -0.2) is 27.8 Å². The molecule has 5 aromatic rings. The SMILES string of the molecule is CC(C)N=C(Nn1c(-c2ccccc2)csc1=S)N(c1n[n+]2c(-c3ccccc3)csc2s1)C(C)C. The van der Waals surface area contributed by atoms with Crippen molar-refractivity contribution in [3.63, 3.8) is 0 Å². The normalized spacial score (nSPS) is 12.1. The van der Waals surface area contributed by atoms with Crippen LogP contribution in [0.25, 0.3) is 26.7 Å². The predicted octanol–water partition coefficient (Wildman–Crippen LogP) is 7.09. The van der Waals surface area contributed by atoms with Gasteiger partial charge in [0.2, 0.25) is 5.96 Å². The lowest BCUT2D eigenvalue weighted by Gasteiger charge is -2.28. The third-order valence-electron chi connectivity index (χ3n) is 5.41. The van der Waals surface area contributed by atoms with Crippen molar-refractivity contribution in [3.05, 3.63) is 75.4 Å². The van der Waals surface area contributed by atoms with Gasteiger partial charge in [-0.05, 0) is 67.9 Å². The van der Waals surface area contributed by atoms with Crippen LogP contribution >= 0.6 is 46.2 Å². The van der Waals surface area contributed by atoms with Crippen LogP contribution < -0.4 is 14.8 Å². The number of nitrogens with zero attached hydrogens (tertiary/aromatic N) is 5. The van der Waals surface area contributed by atoms with Gasteiger partial charge in [-0.3, -0.25) is 10.3 Å². The molecule has 0 bridgehead atoms. The molecule has 0 aliphatic carbocycles. The molecule has 0 spiro atoms. The van der Waals surface area contributed by atoms with E-state index in [2.05, 4.69) is 85.2 Å². The average molecular weight is 552 g/mol. The molecule has 0 fully saturated rings. The summed E-state index contributed by atoms with van der Waals surface area (Å²) >= 11 is 10.6. The molecule has 0 unspecified atom stereocenters. The Hall–Kier alpha value is -2.92. The molecule has 10 heteroatoms. The summed E-state index contributed by atoms with van der Waals surface area (Å²) in [5.74, 6) is 0.718. The van der Waals surface area contributed by atoms with Crippen molar-refractivity contribution in [3.8, 4) is 22.5 Å². The summed E-state index contributed by atoms with van der Waals surface area (Å²) in [7, 11) is 0. The van der Waals surface area contributed by atoms with Gasteiger partial charge in [0.25, 0.3) is 10.8 Å². The van der Waals surface area contributed by atoms with Crippen LogP contribution in [0.4, 0.5) is 5.13 Å². The zero-order chi connectivity index (χ0) is 25.2. The molecule has 36 heavy (non-hydrogen) atoms. The van der Waals surface area contributed by atoms with Crippen molar-refractivity contribution < 1.29 is 4.52 Å². The molecule has 0 atom stereocenters. The van der Waals surface area contributed by atoms with Gasteiger partial charge in [0.15, 0.2) is 3.95 Å². The second-order valence-electron chi connectivity index (χ2n) is 8.76. The van der Waals surface area contributed by atoms with Gasteiger partial charge in [-0.15, -0.1) is 11.3 Å². The molecule has 2 aromatic carbocycles. The van der Waals surface area contributed by atoms with Crippen molar-refractivity contribution >= 4 is 61.5 Å². The van der Waals surface area contributed by atoms with Gasteiger partial charge in [0.05, 0.1) is 16.6 Å². The molecule has 0 saturated heterocycles. The maximum Gasteiger partial charge on any atom is 0.354 e. The van der Waals surface area contributed by atoms with Gasteiger partial charge < -0.3 is 0 Å². The average Bonchev–Trinajstić information content (AvgIpc) is 3.55. The molecular weight excluding hydrogens is 525 g/mol. The zero-order valence-electron chi connectivity index (χ0n) is 20.5. The summed E-state index contributed by atoms with van der Waals surface area (Å²) < 4.78 is 5.84. The topological polar surface area (TPSA) is 49.6 Å². The van der Waals surface area contributed by atoms with Gasteiger partial charge >= 0.3 is 4.14 Å². The smallest absolute Gasteiger partial charge is 0.279 e.